The van der Waals surface area contributed by atoms with E-state index in [-0.39, 0.29) is 12.1 Å². The monoisotopic (exact) mass is 453 g/mol. The second-order valence-corrected chi connectivity index (χ2v) is 8.04. The number of thiazole rings is 1. The molecule has 0 spiro atoms. The molecule has 3 N–H and O–H groups in total. The van der Waals surface area contributed by atoms with Crippen LogP contribution in [0.1, 0.15) is 12.0 Å². The van der Waals surface area contributed by atoms with Gasteiger partial charge in [-0.3, -0.25) is 19.9 Å². The Hall–Kier alpha value is -3.79. The Labute approximate surface area is 187 Å². The summed E-state index contributed by atoms with van der Waals surface area (Å²) in [6, 6.07) is 10.4. The number of nitrogens with two attached hydrogens (primary N) is 1. The Bertz CT molecular complexity index is 1210. The van der Waals surface area contributed by atoms with Crippen molar-refractivity contribution in [1.82, 2.24) is 4.98 Å². The van der Waals surface area contributed by atoms with Crippen LogP contribution in [0.5, 0.6) is 5.75 Å². The van der Waals surface area contributed by atoms with Crippen molar-refractivity contribution in [3.05, 3.63) is 59.2 Å². The zero-order valence-corrected chi connectivity index (χ0v) is 18.1. The molecule has 0 radical (unpaired) electrons. The van der Waals surface area contributed by atoms with E-state index in [1.807, 2.05) is 30.5 Å². The molecule has 1 aliphatic heterocycles. The van der Waals surface area contributed by atoms with Crippen molar-refractivity contribution in [3.8, 4) is 17.0 Å². The van der Waals surface area contributed by atoms with Gasteiger partial charge in [-0.2, -0.15) is 5.10 Å². The van der Waals surface area contributed by atoms with Crippen molar-refractivity contribution in [1.29, 1.82) is 0 Å². The summed E-state index contributed by atoms with van der Waals surface area (Å²) in [4.78, 5) is 29.2. The van der Waals surface area contributed by atoms with Crippen LogP contribution in [-0.4, -0.2) is 35.7 Å². The molecule has 0 saturated heterocycles. The third kappa shape index (κ3) is 4.30. The number of ether oxygens (including phenoxy) is 1. The van der Waals surface area contributed by atoms with Gasteiger partial charge in [-0.05, 0) is 43.3 Å². The lowest BCUT2D eigenvalue weighted by Crippen LogP contribution is -2.39. The van der Waals surface area contributed by atoms with Gasteiger partial charge in [0.05, 0.1) is 18.5 Å². The van der Waals surface area contributed by atoms with Crippen LogP contribution in [0.2, 0.25) is 0 Å². The van der Waals surface area contributed by atoms with Gasteiger partial charge in [0.15, 0.2) is 5.13 Å². The molecule has 2 heterocycles. The van der Waals surface area contributed by atoms with Gasteiger partial charge in [0, 0.05) is 17.4 Å². The lowest BCUT2D eigenvalue weighted by Gasteiger charge is -2.20. The number of rotatable bonds is 6. The summed E-state index contributed by atoms with van der Waals surface area (Å²) in [5.41, 5.74) is 8.62. The number of hydrogen-bond acceptors (Lipinski definition) is 7. The second-order valence-electron chi connectivity index (χ2n) is 7.19. The molecule has 1 aromatic heterocycles. The fraction of sp³-hybridized carbons (Fsp3) is 0.182. The molecule has 164 valence electrons. The Balaban J connectivity index is 1.54. The van der Waals surface area contributed by atoms with Crippen LogP contribution in [0.25, 0.3) is 11.3 Å². The van der Waals surface area contributed by atoms with Gasteiger partial charge in [0.1, 0.15) is 23.3 Å². The number of methoxy groups -OCH3 is 1. The lowest BCUT2D eigenvalue weighted by atomic mass is 10.1. The van der Waals surface area contributed by atoms with Crippen molar-refractivity contribution < 1.29 is 18.7 Å². The normalized spacial score (nSPS) is 15.4. The van der Waals surface area contributed by atoms with E-state index in [1.54, 1.807) is 7.11 Å². The number of amides is 2. The molecule has 2 aromatic carbocycles. The summed E-state index contributed by atoms with van der Waals surface area (Å²) in [6.07, 6.45) is 0.0302. The van der Waals surface area contributed by atoms with E-state index in [0.717, 1.165) is 11.1 Å². The molecular weight excluding hydrogens is 433 g/mol. The Morgan fingerprint density at radius 1 is 1.25 bits per heavy atom. The topological polar surface area (TPSA) is 110 Å². The molecule has 10 heteroatoms. The minimum Gasteiger partial charge on any atom is -0.496 e. The fourth-order valence-electron chi connectivity index (χ4n) is 3.35. The van der Waals surface area contributed by atoms with E-state index < -0.39 is 23.7 Å². The number of aromatic nitrogens is 1. The van der Waals surface area contributed by atoms with Gasteiger partial charge in [0.2, 0.25) is 5.91 Å². The summed E-state index contributed by atoms with van der Waals surface area (Å²) < 4.78 is 18.7. The number of nitrogens with one attached hydrogen (secondary N) is 1. The number of hydrazone groups is 1. The Kier molecular flexibility index (Phi) is 5.87. The van der Waals surface area contributed by atoms with Crippen LogP contribution in [0.4, 0.5) is 15.2 Å². The van der Waals surface area contributed by atoms with Crippen molar-refractivity contribution in [2.75, 3.05) is 17.4 Å². The highest BCUT2D eigenvalue weighted by atomic mass is 32.1. The van der Waals surface area contributed by atoms with Crippen LogP contribution in [0, 0.1) is 12.7 Å². The first kappa shape index (κ1) is 21.4. The number of aryl methyl sites for hydroxylation is 1. The highest BCUT2D eigenvalue weighted by Gasteiger charge is 2.35. The molecule has 0 aliphatic carbocycles. The van der Waals surface area contributed by atoms with Crippen molar-refractivity contribution >= 4 is 39.7 Å². The van der Waals surface area contributed by atoms with Crippen LogP contribution < -0.4 is 20.8 Å². The summed E-state index contributed by atoms with van der Waals surface area (Å²) in [6.45, 7) is 1.97. The van der Waals surface area contributed by atoms with Crippen LogP contribution in [0.15, 0.2) is 52.9 Å². The first-order chi connectivity index (χ1) is 15.4. The van der Waals surface area contributed by atoms with Gasteiger partial charge in [-0.15, -0.1) is 11.3 Å². The molecule has 32 heavy (non-hydrogen) atoms. The van der Waals surface area contributed by atoms with Gasteiger partial charge in [-0.1, -0.05) is 11.6 Å². The largest absolute Gasteiger partial charge is 0.496 e. The number of benzene rings is 2. The first-order valence-electron chi connectivity index (χ1n) is 9.69. The quantitative estimate of drug-likeness (QED) is 0.595. The number of anilines is 2. The van der Waals surface area contributed by atoms with E-state index >= 15 is 0 Å². The lowest BCUT2D eigenvalue weighted by molar-refractivity contribution is -0.119. The molecule has 0 bridgehead atoms. The predicted octanol–water partition coefficient (Wildman–Crippen LogP) is 3.32. The van der Waals surface area contributed by atoms with Gasteiger partial charge >= 0.3 is 0 Å². The minimum atomic E-state index is -0.843. The summed E-state index contributed by atoms with van der Waals surface area (Å²) in [5, 5.41) is 10.5. The average Bonchev–Trinajstić information content (AvgIpc) is 3.42. The summed E-state index contributed by atoms with van der Waals surface area (Å²) in [7, 11) is 1.59. The Morgan fingerprint density at radius 2 is 2.00 bits per heavy atom. The molecular formula is C22H20FN5O3S. The maximum Gasteiger partial charge on any atom is 0.273 e. The standard InChI is InChI=1S/C22H20FN5O3S/c1-12-3-8-19(31-2)15(9-12)17-11-32-22(25-17)26-21(30)16-10-18(20(24)29)28(27-16)14-6-4-13(23)5-7-14/h3-9,11,18H,10H2,1-2H3,(H2,24,29)(H,25,26,30)/t18-/m1/s1. The van der Waals surface area contributed by atoms with E-state index in [2.05, 4.69) is 15.4 Å². The van der Waals surface area contributed by atoms with Gasteiger partial charge in [0.25, 0.3) is 5.91 Å². The number of nitrogens with zero attached hydrogens (tertiary/aromatic N) is 3. The zero-order chi connectivity index (χ0) is 22.8. The minimum absolute atomic E-state index is 0.0302. The molecule has 1 aliphatic rings. The SMILES string of the molecule is COc1ccc(C)cc1-c1csc(NC(=O)C2=NN(c3ccc(F)cc3)[C@@H](C(N)=O)C2)n1. The average molecular weight is 453 g/mol. The molecule has 1 atom stereocenters. The van der Waals surface area contributed by atoms with E-state index in [9.17, 15) is 14.0 Å². The number of primary amides is 1. The van der Waals surface area contributed by atoms with Crippen LogP contribution >= 0.6 is 11.3 Å². The third-order valence-electron chi connectivity index (χ3n) is 4.95. The molecule has 0 fully saturated rings. The highest BCUT2D eigenvalue weighted by Crippen LogP contribution is 2.33. The smallest absolute Gasteiger partial charge is 0.273 e. The maximum absolute atomic E-state index is 13.2. The maximum atomic E-state index is 13.2. The van der Waals surface area contributed by atoms with Crippen LogP contribution in [0.3, 0.4) is 0 Å². The van der Waals surface area contributed by atoms with Gasteiger partial charge in [-0.25, -0.2) is 9.37 Å². The predicted molar refractivity (Wildman–Crippen MR) is 121 cm³/mol. The number of halogens is 1. The summed E-state index contributed by atoms with van der Waals surface area (Å²) >= 11 is 1.26. The first-order valence-corrected chi connectivity index (χ1v) is 10.6. The highest BCUT2D eigenvalue weighted by molar-refractivity contribution is 7.14. The zero-order valence-electron chi connectivity index (χ0n) is 17.3. The Morgan fingerprint density at radius 3 is 2.69 bits per heavy atom. The molecule has 4 rings (SSSR count). The van der Waals surface area contributed by atoms with E-state index in [4.69, 9.17) is 10.5 Å². The van der Waals surface area contributed by atoms with E-state index in [0.29, 0.717) is 22.3 Å². The molecule has 8 nitrogen and oxygen atoms in total. The van der Waals surface area contributed by atoms with Crippen molar-refractivity contribution in [2.45, 2.75) is 19.4 Å². The fourth-order valence-corrected chi connectivity index (χ4v) is 4.05. The van der Waals surface area contributed by atoms with E-state index in [1.165, 1.54) is 40.6 Å². The van der Waals surface area contributed by atoms with Gasteiger partial charge < -0.3 is 10.5 Å². The molecule has 0 unspecified atom stereocenters. The second kappa shape index (κ2) is 8.75. The number of hydrogen-bond donors (Lipinski definition) is 2. The molecule has 0 saturated carbocycles. The molecule has 2 amide bonds. The third-order valence-corrected chi connectivity index (χ3v) is 5.71. The van der Waals surface area contributed by atoms with Crippen molar-refractivity contribution in [3.63, 3.8) is 0 Å². The van der Waals surface area contributed by atoms with Crippen molar-refractivity contribution in [2.24, 2.45) is 10.8 Å². The summed E-state index contributed by atoms with van der Waals surface area (Å²) in [5.74, 6) is -0.865. The number of carbonyl (C=O) groups excluding carboxylic acids is 2. The van der Waals surface area contributed by atoms with Crippen LogP contribution in [-0.2, 0) is 9.59 Å². The number of carbonyl (C=O) groups is 2. The molecule has 3 aromatic rings.